The second-order valence-electron chi connectivity index (χ2n) is 4.85. The Bertz CT molecular complexity index is 640. The van der Waals surface area contributed by atoms with E-state index in [1.807, 2.05) is 16.9 Å². The Balaban J connectivity index is 2.01. The molecule has 21 heavy (non-hydrogen) atoms. The fraction of sp³-hybridized carbons (Fsp3) is 0.333. The Hall–Kier alpha value is -2.01. The van der Waals surface area contributed by atoms with E-state index in [-0.39, 0.29) is 12.2 Å². The number of anilines is 1. The van der Waals surface area contributed by atoms with Gasteiger partial charge in [0.1, 0.15) is 6.61 Å². The summed E-state index contributed by atoms with van der Waals surface area (Å²) < 4.78 is 7.08. The molecule has 0 aliphatic heterocycles. The second-order valence-corrected chi connectivity index (χ2v) is 5.29. The van der Waals surface area contributed by atoms with E-state index < -0.39 is 5.97 Å². The standard InChI is InChI=1S/C15H18ClN3O2/c1-3-10(2)19-7-6-12(18-19)9-21-15(20)13-8-11(16)4-5-14(13)17/h4-8,10H,3,9,17H2,1-2H3. The Labute approximate surface area is 128 Å². The molecule has 0 aliphatic rings. The largest absolute Gasteiger partial charge is 0.455 e. The van der Waals surface area contributed by atoms with Crippen molar-refractivity contribution in [1.82, 2.24) is 9.78 Å². The molecule has 1 heterocycles. The average molecular weight is 308 g/mol. The summed E-state index contributed by atoms with van der Waals surface area (Å²) in [5, 5.41) is 4.81. The average Bonchev–Trinajstić information content (AvgIpc) is 2.95. The molecule has 2 rings (SSSR count). The first-order chi connectivity index (χ1) is 10.0. The van der Waals surface area contributed by atoms with E-state index in [1.165, 1.54) is 6.07 Å². The van der Waals surface area contributed by atoms with Crippen molar-refractivity contribution in [2.45, 2.75) is 32.9 Å². The minimum Gasteiger partial charge on any atom is -0.455 e. The van der Waals surface area contributed by atoms with Crippen molar-refractivity contribution >= 4 is 23.3 Å². The number of hydrogen-bond donors (Lipinski definition) is 1. The summed E-state index contributed by atoms with van der Waals surface area (Å²) >= 11 is 5.85. The summed E-state index contributed by atoms with van der Waals surface area (Å²) in [4.78, 5) is 12.0. The lowest BCUT2D eigenvalue weighted by Gasteiger charge is -2.08. The van der Waals surface area contributed by atoms with Crippen molar-refractivity contribution in [3.8, 4) is 0 Å². The number of carbonyl (C=O) groups excluding carboxylic acids is 1. The molecule has 0 bridgehead atoms. The molecule has 2 N–H and O–H groups in total. The summed E-state index contributed by atoms with van der Waals surface area (Å²) in [5.74, 6) is -0.506. The highest BCUT2D eigenvalue weighted by Crippen LogP contribution is 2.19. The molecule has 0 saturated heterocycles. The Morgan fingerprint density at radius 3 is 2.95 bits per heavy atom. The van der Waals surface area contributed by atoms with Gasteiger partial charge in [0.2, 0.25) is 0 Å². The van der Waals surface area contributed by atoms with E-state index in [0.717, 1.165) is 6.42 Å². The van der Waals surface area contributed by atoms with Crippen LogP contribution in [-0.4, -0.2) is 15.7 Å². The lowest BCUT2D eigenvalue weighted by molar-refractivity contribution is 0.0468. The van der Waals surface area contributed by atoms with Crippen molar-refractivity contribution in [2.24, 2.45) is 0 Å². The van der Waals surface area contributed by atoms with Gasteiger partial charge in [-0.25, -0.2) is 4.79 Å². The van der Waals surface area contributed by atoms with Crippen molar-refractivity contribution in [2.75, 3.05) is 5.73 Å². The van der Waals surface area contributed by atoms with E-state index in [2.05, 4.69) is 18.9 Å². The van der Waals surface area contributed by atoms with Crippen LogP contribution < -0.4 is 5.73 Å². The Morgan fingerprint density at radius 1 is 1.48 bits per heavy atom. The molecule has 6 heteroatoms. The highest BCUT2D eigenvalue weighted by atomic mass is 35.5. The number of carbonyl (C=O) groups is 1. The minimum atomic E-state index is -0.506. The van der Waals surface area contributed by atoms with Gasteiger partial charge in [-0.15, -0.1) is 0 Å². The van der Waals surface area contributed by atoms with E-state index in [1.54, 1.807) is 12.1 Å². The first kappa shape index (κ1) is 15.4. The van der Waals surface area contributed by atoms with Gasteiger partial charge in [0, 0.05) is 22.9 Å². The fourth-order valence-corrected chi connectivity index (χ4v) is 1.98. The molecule has 0 aliphatic carbocycles. The summed E-state index contributed by atoms with van der Waals surface area (Å²) in [6.45, 7) is 4.28. The number of halogens is 1. The van der Waals surface area contributed by atoms with Crippen LogP contribution in [0.3, 0.4) is 0 Å². The maximum absolute atomic E-state index is 12.0. The zero-order valence-electron chi connectivity index (χ0n) is 12.0. The third-order valence-electron chi connectivity index (χ3n) is 3.29. The molecule has 0 radical (unpaired) electrons. The van der Waals surface area contributed by atoms with Gasteiger partial charge >= 0.3 is 5.97 Å². The van der Waals surface area contributed by atoms with Crippen LogP contribution in [-0.2, 0) is 11.3 Å². The molecule has 5 nitrogen and oxygen atoms in total. The number of esters is 1. The number of ether oxygens (including phenoxy) is 1. The monoisotopic (exact) mass is 307 g/mol. The summed E-state index contributed by atoms with van der Waals surface area (Å²) in [5.41, 5.74) is 7.05. The molecule has 1 aromatic heterocycles. The molecule has 112 valence electrons. The third-order valence-corrected chi connectivity index (χ3v) is 3.53. The first-order valence-corrected chi connectivity index (χ1v) is 7.15. The summed E-state index contributed by atoms with van der Waals surface area (Å²) in [7, 11) is 0. The van der Waals surface area contributed by atoms with Crippen LogP contribution in [0, 0.1) is 0 Å². The molecule has 0 fully saturated rings. The van der Waals surface area contributed by atoms with E-state index in [0.29, 0.717) is 22.4 Å². The zero-order chi connectivity index (χ0) is 15.4. The first-order valence-electron chi connectivity index (χ1n) is 6.77. The molecular formula is C15H18ClN3O2. The number of nitrogen functional groups attached to an aromatic ring is 1. The van der Waals surface area contributed by atoms with E-state index in [4.69, 9.17) is 22.1 Å². The normalized spacial score (nSPS) is 12.1. The predicted octanol–water partition coefficient (Wildman–Crippen LogP) is 3.45. The zero-order valence-corrected chi connectivity index (χ0v) is 12.8. The van der Waals surface area contributed by atoms with Gasteiger partial charge in [0.15, 0.2) is 0 Å². The van der Waals surface area contributed by atoms with Gasteiger partial charge in [-0.05, 0) is 37.6 Å². The molecule has 0 amide bonds. The van der Waals surface area contributed by atoms with Crippen molar-refractivity contribution < 1.29 is 9.53 Å². The second kappa shape index (κ2) is 6.63. The van der Waals surface area contributed by atoms with Crippen molar-refractivity contribution in [1.29, 1.82) is 0 Å². The number of hydrogen-bond acceptors (Lipinski definition) is 4. The Kier molecular flexibility index (Phi) is 4.85. The number of nitrogens with two attached hydrogens (primary N) is 1. The third kappa shape index (κ3) is 3.76. The van der Waals surface area contributed by atoms with Crippen LogP contribution in [0.1, 0.15) is 42.4 Å². The SMILES string of the molecule is CCC(C)n1ccc(COC(=O)c2cc(Cl)ccc2N)n1. The molecular weight excluding hydrogens is 290 g/mol. The lowest BCUT2D eigenvalue weighted by atomic mass is 10.2. The van der Waals surface area contributed by atoms with E-state index in [9.17, 15) is 4.79 Å². The lowest BCUT2D eigenvalue weighted by Crippen LogP contribution is -2.09. The summed E-state index contributed by atoms with van der Waals surface area (Å²) in [6, 6.07) is 6.86. The van der Waals surface area contributed by atoms with Gasteiger partial charge in [-0.3, -0.25) is 4.68 Å². The summed E-state index contributed by atoms with van der Waals surface area (Å²) in [6.07, 6.45) is 2.87. The van der Waals surface area contributed by atoms with Crippen LogP contribution in [0.15, 0.2) is 30.5 Å². The minimum absolute atomic E-state index is 0.105. The molecule has 0 spiro atoms. The van der Waals surface area contributed by atoms with Gasteiger partial charge in [0.05, 0.1) is 11.3 Å². The van der Waals surface area contributed by atoms with Gasteiger partial charge in [-0.1, -0.05) is 18.5 Å². The number of nitrogens with zero attached hydrogens (tertiary/aromatic N) is 2. The van der Waals surface area contributed by atoms with Crippen LogP contribution in [0.2, 0.25) is 5.02 Å². The number of benzene rings is 1. The predicted molar refractivity (Wildman–Crippen MR) is 82.2 cm³/mol. The van der Waals surface area contributed by atoms with Gasteiger partial charge in [0.25, 0.3) is 0 Å². The molecule has 1 aromatic carbocycles. The van der Waals surface area contributed by atoms with Gasteiger partial charge in [-0.2, -0.15) is 5.10 Å². The Morgan fingerprint density at radius 2 is 2.24 bits per heavy atom. The van der Waals surface area contributed by atoms with Crippen LogP contribution in [0.4, 0.5) is 5.69 Å². The topological polar surface area (TPSA) is 70.1 Å². The highest BCUT2D eigenvalue weighted by molar-refractivity contribution is 6.31. The molecule has 0 saturated carbocycles. The molecule has 2 aromatic rings. The van der Waals surface area contributed by atoms with Crippen LogP contribution in [0.5, 0.6) is 0 Å². The molecule has 1 atom stereocenters. The quantitative estimate of drug-likeness (QED) is 0.678. The van der Waals surface area contributed by atoms with E-state index >= 15 is 0 Å². The maximum atomic E-state index is 12.0. The number of rotatable bonds is 5. The van der Waals surface area contributed by atoms with Crippen molar-refractivity contribution in [3.05, 3.63) is 46.7 Å². The number of aromatic nitrogens is 2. The highest BCUT2D eigenvalue weighted by Gasteiger charge is 2.13. The molecule has 1 unspecified atom stereocenters. The fourth-order valence-electron chi connectivity index (χ4n) is 1.81. The van der Waals surface area contributed by atoms with Crippen LogP contribution in [0.25, 0.3) is 0 Å². The van der Waals surface area contributed by atoms with Crippen molar-refractivity contribution in [3.63, 3.8) is 0 Å². The van der Waals surface area contributed by atoms with Crippen LogP contribution >= 0.6 is 11.6 Å². The van der Waals surface area contributed by atoms with Gasteiger partial charge < -0.3 is 10.5 Å². The maximum Gasteiger partial charge on any atom is 0.340 e. The smallest absolute Gasteiger partial charge is 0.340 e.